The van der Waals surface area contributed by atoms with Gasteiger partial charge in [0.05, 0.1) is 5.41 Å². The van der Waals surface area contributed by atoms with Gasteiger partial charge in [-0.3, -0.25) is 0 Å². The maximum Gasteiger partial charge on any atom is 0.247 e. The minimum Gasteiger partial charge on any atom is -0.210 e. The first kappa shape index (κ1) is 12.9. The molecule has 4 heteroatoms. The van der Waals surface area contributed by atoms with Crippen LogP contribution in [0.4, 0.5) is 8.78 Å². The smallest absolute Gasteiger partial charge is 0.210 e. The van der Waals surface area contributed by atoms with Crippen LogP contribution in [0.15, 0.2) is 16.6 Å². The highest BCUT2D eigenvalue weighted by atomic mass is 79.9. The van der Waals surface area contributed by atoms with Gasteiger partial charge in [0.2, 0.25) is 6.43 Å². The van der Waals surface area contributed by atoms with E-state index >= 15 is 0 Å². The molecule has 1 aromatic carbocycles. The normalized spacial score (nSPS) is 12.3. The topological polar surface area (TPSA) is 0 Å². The Labute approximate surface area is 102 Å². The van der Waals surface area contributed by atoms with Gasteiger partial charge < -0.3 is 0 Å². The van der Waals surface area contributed by atoms with Crippen LogP contribution >= 0.6 is 27.5 Å². The second kappa shape index (κ2) is 4.38. The molecule has 0 bridgehead atoms. The summed E-state index contributed by atoms with van der Waals surface area (Å²) in [5, 5.41) is 0.373. The summed E-state index contributed by atoms with van der Waals surface area (Å²) in [6.07, 6.45) is -2.43. The highest BCUT2D eigenvalue weighted by molar-refractivity contribution is 9.10. The van der Waals surface area contributed by atoms with E-state index in [0.29, 0.717) is 10.6 Å². The molecular formula is C11H12BrClF2. The SMILES string of the molecule is Cc1cc(C(C)(C)C(F)F)c(Cl)cc1Br. The van der Waals surface area contributed by atoms with Gasteiger partial charge in [-0.1, -0.05) is 47.4 Å². The van der Waals surface area contributed by atoms with Gasteiger partial charge in [-0.05, 0) is 24.1 Å². The Morgan fingerprint density at radius 3 is 2.33 bits per heavy atom. The fourth-order valence-electron chi connectivity index (χ4n) is 1.27. The van der Waals surface area contributed by atoms with Crippen molar-refractivity contribution in [2.45, 2.75) is 32.6 Å². The average molecular weight is 298 g/mol. The first-order chi connectivity index (χ1) is 6.76. The third-order valence-corrected chi connectivity index (χ3v) is 3.66. The van der Waals surface area contributed by atoms with Crippen LogP contribution < -0.4 is 0 Å². The molecule has 1 aromatic rings. The molecule has 1 rings (SSSR count). The van der Waals surface area contributed by atoms with E-state index in [-0.39, 0.29) is 0 Å². The highest BCUT2D eigenvalue weighted by Crippen LogP contribution is 2.37. The summed E-state index contributed by atoms with van der Waals surface area (Å²) in [5.74, 6) is 0. The zero-order valence-corrected chi connectivity index (χ0v) is 11.1. The molecule has 0 aliphatic carbocycles. The Hall–Kier alpha value is -0.150. The number of alkyl halides is 2. The van der Waals surface area contributed by atoms with Crippen LogP contribution in [0.2, 0.25) is 5.02 Å². The molecule has 0 amide bonds. The quantitative estimate of drug-likeness (QED) is 0.724. The molecule has 84 valence electrons. The van der Waals surface area contributed by atoms with E-state index in [1.54, 1.807) is 12.1 Å². The molecule has 0 aliphatic rings. The van der Waals surface area contributed by atoms with Gasteiger partial charge in [0.15, 0.2) is 0 Å². The third-order valence-electron chi connectivity index (χ3n) is 2.49. The van der Waals surface area contributed by atoms with Crippen LogP contribution in [0.25, 0.3) is 0 Å². The second-order valence-electron chi connectivity index (χ2n) is 4.10. The molecule has 0 N–H and O–H groups in total. The lowest BCUT2D eigenvalue weighted by Crippen LogP contribution is -2.27. The number of hydrogen-bond acceptors (Lipinski definition) is 0. The van der Waals surface area contributed by atoms with E-state index in [1.165, 1.54) is 13.8 Å². The van der Waals surface area contributed by atoms with Gasteiger partial charge in [-0.15, -0.1) is 0 Å². The number of aryl methyl sites for hydroxylation is 1. The fourth-order valence-corrected chi connectivity index (χ4v) is 2.15. The van der Waals surface area contributed by atoms with Crippen molar-refractivity contribution in [2.24, 2.45) is 0 Å². The van der Waals surface area contributed by atoms with E-state index in [9.17, 15) is 8.78 Å². The minimum atomic E-state index is -2.43. The summed E-state index contributed by atoms with van der Waals surface area (Å²) in [7, 11) is 0. The van der Waals surface area contributed by atoms with Gasteiger partial charge in [-0.25, -0.2) is 8.78 Å². The lowest BCUT2D eigenvalue weighted by atomic mass is 9.84. The Morgan fingerprint density at radius 1 is 1.33 bits per heavy atom. The average Bonchev–Trinajstić information content (AvgIpc) is 2.10. The maximum atomic E-state index is 12.8. The molecule has 0 spiro atoms. The zero-order valence-electron chi connectivity index (χ0n) is 8.74. The van der Waals surface area contributed by atoms with Crippen LogP contribution in [0.3, 0.4) is 0 Å². The minimum absolute atomic E-state index is 0.373. The van der Waals surface area contributed by atoms with Crippen molar-refractivity contribution < 1.29 is 8.78 Å². The van der Waals surface area contributed by atoms with Crippen LogP contribution in [0.5, 0.6) is 0 Å². The van der Waals surface area contributed by atoms with Gasteiger partial charge >= 0.3 is 0 Å². The highest BCUT2D eigenvalue weighted by Gasteiger charge is 2.33. The van der Waals surface area contributed by atoms with Crippen LogP contribution in [-0.4, -0.2) is 6.43 Å². The van der Waals surface area contributed by atoms with E-state index in [1.807, 2.05) is 6.92 Å². The number of halogens is 4. The molecule has 0 unspecified atom stereocenters. The van der Waals surface area contributed by atoms with E-state index in [4.69, 9.17) is 11.6 Å². The number of benzene rings is 1. The Balaban J connectivity index is 3.32. The largest absolute Gasteiger partial charge is 0.247 e. The summed E-state index contributed by atoms with van der Waals surface area (Å²) in [6, 6.07) is 3.37. The molecule has 0 radical (unpaired) electrons. The van der Waals surface area contributed by atoms with Crippen molar-refractivity contribution in [1.82, 2.24) is 0 Å². The molecule has 0 nitrogen and oxygen atoms in total. The van der Waals surface area contributed by atoms with Gasteiger partial charge in [0, 0.05) is 9.50 Å². The Kier molecular flexibility index (Phi) is 3.77. The third kappa shape index (κ3) is 2.51. The van der Waals surface area contributed by atoms with Crippen molar-refractivity contribution in [3.63, 3.8) is 0 Å². The monoisotopic (exact) mass is 296 g/mol. The van der Waals surface area contributed by atoms with Crippen LogP contribution in [-0.2, 0) is 5.41 Å². The van der Waals surface area contributed by atoms with Crippen LogP contribution in [0, 0.1) is 6.92 Å². The predicted molar refractivity (Wildman–Crippen MR) is 62.9 cm³/mol. The molecule has 0 aromatic heterocycles. The fraction of sp³-hybridized carbons (Fsp3) is 0.455. The Morgan fingerprint density at radius 2 is 1.87 bits per heavy atom. The van der Waals surface area contributed by atoms with Gasteiger partial charge in [-0.2, -0.15) is 0 Å². The van der Waals surface area contributed by atoms with E-state index in [2.05, 4.69) is 15.9 Å². The van der Waals surface area contributed by atoms with Gasteiger partial charge in [0.1, 0.15) is 0 Å². The number of hydrogen-bond donors (Lipinski definition) is 0. The molecule has 15 heavy (non-hydrogen) atoms. The molecule has 0 fully saturated rings. The summed E-state index contributed by atoms with van der Waals surface area (Å²) in [4.78, 5) is 0. The number of rotatable bonds is 2. The van der Waals surface area contributed by atoms with Crippen molar-refractivity contribution >= 4 is 27.5 Å². The van der Waals surface area contributed by atoms with Crippen molar-refractivity contribution in [2.75, 3.05) is 0 Å². The molecule has 0 atom stereocenters. The van der Waals surface area contributed by atoms with E-state index < -0.39 is 11.8 Å². The second-order valence-corrected chi connectivity index (χ2v) is 5.37. The predicted octanol–water partition coefficient (Wildman–Crippen LogP) is 4.95. The molecule has 0 aliphatic heterocycles. The molecule has 0 heterocycles. The van der Waals surface area contributed by atoms with Crippen molar-refractivity contribution in [3.8, 4) is 0 Å². The summed E-state index contributed by atoms with van der Waals surface area (Å²) < 4.78 is 26.5. The molecule has 0 saturated heterocycles. The summed E-state index contributed by atoms with van der Waals surface area (Å²) in [6.45, 7) is 4.84. The zero-order chi connectivity index (χ0) is 11.8. The Bertz CT molecular complexity index is 375. The van der Waals surface area contributed by atoms with Crippen LogP contribution in [0.1, 0.15) is 25.0 Å². The lowest BCUT2D eigenvalue weighted by Gasteiger charge is -2.26. The molecular weight excluding hydrogens is 285 g/mol. The first-order valence-corrected chi connectivity index (χ1v) is 5.68. The standard InChI is InChI=1S/C11H12BrClF2/c1-6-4-7(9(13)5-8(6)12)11(2,3)10(14)15/h4-5,10H,1-3H3. The van der Waals surface area contributed by atoms with E-state index in [0.717, 1.165) is 10.0 Å². The summed E-state index contributed by atoms with van der Waals surface area (Å²) in [5.41, 5.74) is 0.172. The van der Waals surface area contributed by atoms with Crippen molar-refractivity contribution in [1.29, 1.82) is 0 Å². The molecule has 0 saturated carbocycles. The van der Waals surface area contributed by atoms with Gasteiger partial charge in [0.25, 0.3) is 0 Å². The maximum absolute atomic E-state index is 12.8. The summed E-state index contributed by atoms with van der Waals surface area (Å²) >= 11 is 9.28. The van der Waals surface area contributed by atoms with Crippen molar-refractivity contribution in [3.05, 3.63) is 32.8 Å². The lowest BCUT2D eigenvalue weighted by molar-refractivity contribution is 0.0694. The first-order valence-electron chi connectivity index (χ1n) is 4.51.